The van der Waals surface area contributed by atoms with E-state index in [1.54, 1.807) is 58.0 Å². The lowest BCUT2D eigenvalue weighted by molar-refractivity contribution is -0.341. The van der Waals surface area contributed by atoms with E-state index in [1.807, 2.05) is 6.92 Å². The zero-order chi connectivity index (χ0) is 33.4. The molecule has 0 spiro atoms. The Morgan fingerprint density at radius 1 is 1.02 bits per heavy atom. The Bertz CT molecular complexity index is 1460. The summed E-state index contributed by atoms with van der Waals surface area (Å²) >= 11 is 0. The van der Waals surface area contributed by atoms with Crippen molar-refractivity contribution in [1.82, 2.24) is 0 Å². The molecule has 1 heterocycles. The highest BCUT2D eigenvalue weighted by molar-refractivity contribution is 5.95. The molecule has 9 atom stereocenters. The Balaban J connectivity index is 1.62. The SMILES string of the molecule is CC(=O)O[C@H]1C(=O)[C@@]2(C)C([C@H](OC(=O)c3ccccc3)[C@]3(O)C[C@H](O)C(C)=C1C3(C)C)[C@]1(OC(=O)C3CCCC3)CO[C@@H]1C[C@@H]2C. The number of carbonyl (C=O) groups is 4. The monoisotopic (exact) mass is 638 g/mol. The summed E-state index contributed by atoms with van der Waals surface area (Å²) in [6.07, 6.45) is -1.43. The first-order valence-corrected chi connectivity index (χ1v) is 16.5. The number of aliphatic hydroxyl groups excluding tert-OH is 1. The number of fused-ring (bicyclic) bond motifs is 5. The van der Waals surface area contributed by atoms with Gasteiger partial charge in [-0.05, 0) is 55.4 Å². The van der Waals surface area contributed by atoms with E-state index < -0.39 is 82.0 Å². The Morgan fingerprint density at radius 3 is 2.26 bits per heavy atom. The highest BCUT2D eigenvalue weighted by atomic mass is 16.6. The van der Waals surface area contributed by atoms with E-state index in [-0.39, 0.29) is 30.1 Å². The summed E-state index contributed by atoms with van der Waals surface area (Å²) in [6, 6.07) is 8.36. The van der Waals surface area contributed by atoms with Gasteiger partial charge in [-0.3, -0.25) is 14.4 Å². The van der Waals surface area contributed by atoms with Crippen LogP contribution in [-0.4, -0.2) is 76.1 Å². The van der Waals surface area contributed by atoms with E-state index in [0.29, 0.717) is 24.8 Å². The van der Waals surface area contributed by atoms with Crippen molar-refractivity contribution in [2.75, 3.05) is 6.61 Å². The second-order valence-corrected chi connectivity index (χ2v) is 15.0. The average Bonchev–Trinajstić information content (AvgIpc) is 3.55. The van der Waals surface area contributed by atoms with E-state index in [0.717, 1.165) is 12.8 Å². The van der Waals surface area contributed by atoms with Crippen LogP contribution in [0.4, 0.5) is 0 Å². The fourth-order valence-corrected chi connectivity index (χ4v) is 9.37. The second-order valence-electron chi connectivity index (χ2n) is 15.0. The van der Waals surface area contributed by atoms with Crippen LogP contribution in [0.1, 0.15) is 90.4 Å². The largest absolute Gasteiger partial charge is 0.455 e. The van der Waals surface area contributed by atoms with Gasteiger partial charge in [-0.15, -0.1) is 0 Å². The molecule has 10 heteroatoms. The molecule has 0 aromatic heterocycles. The van der Waals surface area contributed by atoms with Crippen molar-refractivity contribution in [1.29, 1.82) is 0 Å². The Kier molecular flexibility index (Phi) is 8.05. The first kappa shape index (κ1) is 32.8. The summed E-state index contributed by atoms with van der Waals surface area (Å²) in [5, 5.41) is 24.6. The summed E-state index contributed by atoms with van der Waals surface area (Å²) in [5.74, 6) is -4.12. The van der Waals surface area contributed by atoms with Crippen LogP contribution < -0.4 is 0 Å². The third-order valence-electron chi connectivity index (χ3n) is 12.3. The Labute approximate surface area is 269 Å². The van der Waals surface area contributed by atoms with Crippen molar-refractivity contribution in [2.24, 2.45) is 28.6 Å². The standard InChI is InChI=1S/C36H46O10/c1-19-16-25-35(18-43-25,46-32(41)23-14-10-11-15-23)28-30(45-31(40)22-12-8-7-9-13-22)36(42)17-24(38)20(2)26(33(36,4)5)27(44-21(3)37)29(39)34(19,28)6/h7-9,12-13,19,23-25,27-28,30,38,42H,10-11,14-18H2,1-6H3/t19-,24-,25+,27+,28?,30-,34+,35-,36+/m0/s1. The quantitative estimate of drug-likeness (QED) is 0.275. The number of Topliss-reactive ketones (excluding diaryl/α,β-unsaturated/α-hetero) is 1. The van der Waals surface area contributed by atoms with Crippen LogP contribution in [0.25, 0.3) is 0 Å². The van der Waals surface area contributed by atoms with Crippen LogP contribution in [0.5, 0.6) is 0 Å². The summed E-state index contributed by atoms with van der Waals surface area (Å²) in [6.45, 7) is 9.89. The van der Waals surface area contributed by atoms with Crippen molar-refractivity contribution in [3.63, 3.8) is 0 Å². The van der Waals surface area contributed by atoms with Gasteiger partial charge in [0, 0.05) is 24.2 Å². The molecule has 250 valence electrons. The van der Waals surface area contributed by atoms with E-state index in [2.05, 4.69) is 0 Å². The summed E-state index contributed by atoms with van der Waals surface area (Å²) in [5.41, 5.74) is -5.28. The van der Waals surface area contributed by atoms with Gasteiger partial charge in [-0.1, -0.05) is 58.7 Å². The van der Waals surface area contributed by atoms with Gasteiger partial charge in [0.25, 0.3) is 0 Å². The molecule has 1 saturated heterocycles. The van der Waals surface area contributed by atoms with Crippen molar-refractivity contribution in [3.8, 4) is 0 Å². The molecule has 1 aliphatic heterocycles. The van der Waals surface area contributed by atoms with Crippen molar-refractivity contribution < 1.29 is 48.3 Å². The van der Waals surface area contributed by atoms with Gasteiger partial charge in [0.15, 0.2) is 17.5 Å². The highest BCUT2D eigenvalue weighted by Gasteiger charge is 2.77. The maximum Gasteiger partial charge on any atom is 0.338 e. The van der Waals surface area contributed by atoms with Gasteiger partial charge in [-0.25, -0.2) is 4.79 Å². The molecule has 4 aliphatic carbocycles. The summed E-state index contributed by atoms with van der Waals surface area (Å²) < 4.78 is 24.9. The molecule has 6 rings (SSSR count). The van der Waals surface area contributed by atoms with E-state index in [9.17, 15) is 24.6 Å². The van der Waals surface area contributed by atoms with Gasteiger partial charge >= 0.3 is 17.9 Å². The predicted octanol–water partition coefficient (Wildman–Crippen LogP) is 4.10. The molecule has 3 saturated carbocycles. The molecule has 1 aromatic carbocycles. The predicted molar refractivity (Wildman–Crippen MR) is 164 cm³/mol. The minimum atomic E-state index is -2.00. The molecule has 2 N–H and O–H groups in total. The number of rotatable bonds is 5. The normalized spacial score (nSPS) is 40.0. The smallest absolute Gasteiger partial charge is 0.338 e. The highest BCUT2D eigenvalue weighted by Crippen LogP contribution is 2.65. The first-order valence-electron chi connectivity index (χ1n) is 16.5. The zero-order valence-electron chi connectivity index (χ0n) is 27.5. The number of aliphatic hydroxyl groups is 2. The molecule has 46 heavy (non-hydrogen) atoms. The Morgan fingerprint density at radius 2 is 1.67 bits per heavy atom. The van der Waals surface area contributed by atoms with Crippen LogP contribution in [0, 0.1) is 28.6 Å². The lowest BCUT2D eigenvalue weighted by atomic mass is 9.43. The van der Waals surface area contributed by atoms with E-state index in [1.165, 1.54) is 6.92 Å². The number of carbonyl (C=O) groups excluding carboxylic acids is 4. The second kappa shape index (κ2) is 11.3. The molecule has 10 nitrogen and oxygen atoms in total. The van der Waals surface area contributed by atoms with Gasteiger partial charge < -0.3 is 29.2 Å². The van der Waals surface area contributed by atoms with E-state index >= 15 is 4.79 Å². The molecule has 1 unspecified atom stereocenters. The number of hydrogen-bond donors (Lipinski definition) is 2. The van der Waals surface area contributed by atoms with Crippen LogP contribution in [-0.2, 0) is 33.3 Å². The van der Waals surface area contributed by atoms with Crippen molar-refractivity contribution in [3.05, 3.63) is 47.0 Å². The van der Waals surface area contributed by atoms with Crippen molar-refractivity contribution >= 4 is 23.7 Å². The fourth-order valence-electron chi connectivity index (χ4n) is 9.37. The fraction of sp³-hybridized carbons (Fsp3) is 0.667. The van der Waals surface area contributed by atoms with Gasteiger partial charge in [0.05, 0.1) is 30.1 Å². The summed E-state index contributed by atoms with van der Waals surface area (Å²) in [4.78, 5) is 55.6. The molecule has 5 aliphatic rings. The van der Waals surface area contributed by atoms with Crippen LogP contribution >= 0.6 is 0 Å². The lowest BCUT2D eigenvalue weighted by Crippen LogP contribution is -2.81. The van der Waals surface area contributed by atoms with Gasteiger partial charge in [0.2, 0.25) is 0 Å². The molecule has 1 aromatic rings. The minimum Gasteiger partial charge on any atom is -0.455 e. The number of ether oxygens (including phenoxy) is 4. The number of esters is 3. The summed E-state index contributed by atoms with van der Waals surface area (Å²) in [7, 11) is 0. The van der Waals surface area contributed by atoms with Gasteiger partial charge in [0.1, 0.15) is 17.8 Å². The maximum atomic E-state index is 15.2. The molecular weight excluding hydrogens is 592 g/mol. The maximum absolute atomic E-state index is 15.2. The number of ketones is 1. The van der Waals surface area contributed by atoms with Crippen LogP contribution in [0.2, 0.25) is 0 Å². The lowest BCUT2D eigenvalue weighted by Gasteiger charge is -2.68. The van der Waals surface area contributed by atoms with Gasteiger partial charge in [-0.2, -0.15) is 0 Å². The zero-order valence-corrected chi connectivity index (χ0v) is 27.5. The first-order chi connectivity index (χ1) is 21.6. The third-order valence-corrected chi connectivity index (χ3v) is 12.3. The molecule has 4 fully saturated rings. The average molecular weight is 639 g/mol. The molecule has 0 radical (unpaired) electrons. The van der Waals surface area contributed by atoms with E-state index in [4.69, 9.17) is 18.9 Å². The molecule has 2 bridgehead atoms. The van der Waals surface area contributed by atoms with Crippen LogP contribution in [0.3, 0.4) is 0 Å². The molecular formula is C36H46O10. The Hall–Kier alpha value is -3.08. The topological polar surface area (TPSA) is 146 Å². The number of benzene rings is 1. The third kappa shape index (κ3) is 4.61. The van der Waals surface area contributed by atoms with Crippen LogP contribution in [0.15, 0.2) is 41.5 Å². The number of hydrogen-bond acceptors (Lipinski definition) is 10. The minimum absolute atomic E-state index is 0.0607. The van der Waals surface area contributed by atoms with Crippen molar-refractivity contribution in [2.45, 2.75) is 116 Å². The molecule has 0 amide bonds.